The van der Waals surface area contributed by atoms with Crippen LogP contribution >= 0.6 is 31.9 Å². The predicted molar refractivity (Wildman–Crippen MR) is 87.1 cm³/mol. The lowest BCUT2D eigenvalue weighted by Gasteiger charge is -2.17. The van der Waals surface area contributed by atoms with Crippen LogP contribution < -0.4 is 11.1 Å². The van der Waals surface area contributed by atoms with Crippen molar-refractivity contribution in [2.24, 2.45) is 17.6 Å². The van der Waals surface area contributed by atoms with Crippen LogP contribution in [0.5, 0.6) is 0 Å². The highest BCUT2D eigenvalue weighted by atomic mass is 79.9. The van der Waals surface area contributed by atoms with Crippen molar-refractivity contribution in [1.82, 2.24) is 0 Å². The number of carbonyl (C=O) groups excluding carboxylic acids is 1. The first-order chi connectivity index (χ1) is 8.93. The van der Waals surface area contributed by atoms with Crippen molar-refractivity contribution in [1.29, 1.82) is 0 Å². The third kappa shape index (κ3) is 5.63. The van der Waals surface area contributed by atoms with E-state index < -0.39 is 0 Å². The highest BCUT2D eigenvalue weighted by molar-refractivity contribution is 9.11. The van der Waals surface area contributed by atoms with Crippen molar-refractivity contribution in [2.75, 3.05) is 11.9 Å². The smallest absolute Gasteiger partial charge is 0.224 e. The zero-order valence-electron chi connectivity index (χ0n) is 11.2. The molecular weight excluding hydrogens is 372 g/mol. The Kier molecular flexibility index (Phi) is 7.04. The number of para-hydroxylation sites is 1. The number of hydrogen-bond acceptors (Lipinski definition) is 2. The van der Waals surface area contributed by atoms with Crippen molar-refractivity contribution in [2.45, 2.75) is 26.7 Å². The molecule has 0 saturated carbocycles. The van der Waals surface area contributed by atoms with Crippen LogP contribution in [0.4, 0.5) is 5.69 Å². The van der Waals surface area contributed by atoms with Gasteiger partial charge in [0.05, 0.1) is 5.69 Å². The average molecular weight is 392 g/mol. The van der Waals surface area contributed by atoms with Gasteiger partial charge in [0.15, 0.2) is 0 Å². The molecule has 1 aromatic carbocycles. The fraction of sp³-hybridized carbons (Fsp3) is 0.500. The molecule has 1 amide bonds. The van der Waals surface area contributed by atoms with Gasteiger partial charge < -0.3 is 11.1 Å². The fourth-order valence-electron chi connectivity index (χ4n) is 2.00. The number of amides is 1. The number of carbonyl (C=O) groups is 1. The first-order valence-corrected chi connectivity index (χ1v) is 7.96. The monoisotopic (exact) mass is 390 g/mol. The van der Waals surface area contributed by atoms with Crippen molar-refractivity contribution in [3.8, 4) is 0 Å². The zero-order chi connectivity index (χ0) is 14.4. The fourth-order valence-corrected chi connectivity index (χ4v) is 3.20. The molecule has 3 nitrogen and oxygen atoms in total. The summed E-state index contributed by atoms with van der Waals surface area (Å²) in [4.78, 5) is 12.1. The second kappa shape index (κ2) is 8.02. The largest absolute Gasteiger partial charge is 0.330 e. The summed E-state index contributed by atoms with van der Waals surface area (Å²) < 4.78 is 1.73. The van der Waals surface area contributed by atoms with Crippen LogP contribution in [-0.2, 0) is 4.79 Å². The van der Waals surface area contributed by atoms with E-state index in [2.05, 4.69) is 51.0 Å². The lowest BCUT2D eigenvalue weighted by molar-refractivity contribution is -0.117. The van der Waals surface area contributed by atoms with Crippen LogP contribution in [0.3, 0.4) is 0 Å². The quantitative estimate of drug-likeness (QED) is 0.764. The summed E-state index contributed by atoms with van der Waals surface area (Å²) in [7, 11) is 0. The Bertz CT molecular complexity index is 415. The molecule has 0 aliphatic heterocycles. The number of anilines is 1. The zero-order valence-corrected chi connectivity index (χ0v) is 14.4. The van der Waals surface area contributed by atoms with Gasteiger partial charge in [0.25, 0.3) is 0 Å². The normalized spacial score (nSPS) is 12.5. The van der Waals surface area contributed by atoms with E-state index in [9.17, 15) is 4.79 Å². The average Bonchev–Trinajstić information content (AvgIpc) is 2.32. The number of benzene rings is 1. The Balaban J connectivity index is 2.64. The number of rotatable bonds is 6. The molecule has 106 valence electrons. The van der Waals surface area contributed by atoms with E-state index in [1.165, 1.54) is 0 Å². The van der Waals surface area contributed by atoms with Gasteiger partial charge in [0.2, 0.25) is 5.91 Å². The SMILES string of the molecule is CC(C)CC(CN)CC(=O)Nc1c(Br)cccc1Br. The molecule has 19 heavy (non-hydrogen) atoms. The Morgan fingerprint density at radius 2 is 1.89 bits per heavy atom. The molecule has 0 heterocycles. The van der Waals surface area contributed by atoms with Gasteiger partial charge in [-0.15, -0.1) is 0 Å². The first-order valence-electron chi connectivity index (χ1n) is 6.38. The van der Waals surface area contributed by atoms with Crippen molar-refractivity contribution in [3.63, 3.8) is 0 Å². The second-order valence-corrected chi connectivity index (χ2v) is 6.79. The molecule has 0 radical (unpaired) electrons. The van der Waals surface area contributed by atoms with Gasteiger partial charge in [0.1, 0.15) is 0 Å². The van der Waals surface area contributed by atoms with Crippen LogP contribution in [0, 0.1) is 11.8 Å². The molecule has 0 aliphatic carbocycles. The summed E-state index contributed by atoms with van der Waals surface area (Å²) in [6.45, 7) is 4.83. The number of hydrogen-bond donors (Lipinski definition) is 2. The van der Waals surface area contributed by atoms with E-state index >= 15 is 0 Å². The summed E-state index contributed by atoms with van der Waals surface area (Å²) >= 11 is 6.86. The topological polar surface area (TPSA) is 55.1 Å². The summed E-state index contributed by atoms with van der Waals surface area (Å²) in [6, 6.07) is 5.70. The lowest BCUT2D eigenvalue weighted by atomic mass is 9.94. The minimum absolute atomic E-state index is 0.00343. The molecule has 0 saturated heterocycles. The molecule has 1 rings (SSSR count). The van der Waals surface area contributed by atoms with Gasteiger partial charge in [-0.2, -0.15) is 0 Å². The van der Waals surface area contributed by atoms with Crippen LogP contribution in [0.15, 0.2) is 27.1 Å². The summed E-state index contributed by atoms with van der Waals surface area (Å²) in [5, 5.41) is 2.93. The Morgan fingerprint density at radius 1 is 1.32 bits per heavy atom. The van der Waals surface area contributed by atoms with Crippen LogP contribution in [0.2, 0.25) is 0 Å². The molecule has 0 fully saturated rings. The van der Waals surface area contributed by atoms with E-state index in [-0.39, 0.29) is 11.8 Å². The molecule has 3 N–H and O–H groups in total. The molecule has 5 heteroatoms. The third-order valence-corrected chi connectivity index (χ3v) is 4.16. The third-order valence-electron chi connectivity index (χ3n) is 2.84. The number of nitrogens with one attached hydrogen (secondary N) is 1. The van der Waals surface area contributed by atoms with Crippen molar-refractivity contribution in [3.05, 3.63) is 27.1 Å². The van der Waals surface area contributed by atoms with Crippen molar-refractivity contribution >= 4 is 43.5 Å². The van der Waals surface area contributed by atoms with E-state index in [4.69, 9.17) is 5.73 Å². The number of halogens is 2. The molecule has 0 bridgehead atoms. The van der Waals surface area contributed by atoms with Gasteiger partial charge in [0, 0.05) is 15.4 Å². The maximum absolute atomic E-state index is 12.1. The maximum Gasteiger partial charge on any atom is 0.224 e. The highest BCUT2D eigenvalue weighted by Gasteiger charge is 2.15. The molecule has 1 atom stereocenters. The van der Waals surface area contributed by atoms with E-state index in [1.54, 1.807) is 0 Å². The first kappa shape index (κ1) is 16.7. The summed E-state index contributed by atoms with van der Waals surface area (Å²) in [5.41, 5.74) is 6.50. The molecule has 0 aromatic heterocycles. The molecule has 1 unspecified atom stereocenters. The van der Waals surface area contributed by atoms with Gasteiger partial charge in [-0.05, 0) is 68.8 Å². The van der Waals surface area contributed by atoms with Gasteiger partial charge in [-0.1, -0.05) is 19.9 Å². The maximum atomic E-state index is 12.1. The predicted octanol–water partition coefficient (Wildman–Crippen LogP) is 4.16. The van der Waals surface area contributed by atoms with E-state index in [1.807, 2.05) is 18.2 Å². The molecular formula is C14H20Br2N2O. The van der Waals surface area contributed by atoms with E-state index in [0.717, 1.165) is 21.1 Å². The number of nitrogens with two attached hydrogens (primary N) is 1. The minimum atomic E-state index is 0.00343. The van der Waals surface area contributed by atoms with Gasteiger partial charge in [-0.25, -0.2) is 0 Å². The Morgan fingerprint density at radius 3 is 2.37 bits per heavy atom. The summed E-state index contributed by atoms with van der Waals surface area (Å²) in [6.07, 6.45) is 1.43. The Labute approximate surface area is 131 Å². The van der Waals surface area contributed by atoms with Crippen LogP contribution in [-0.4, -0.2) is 12.5 Å². The van der Waals surface area contributed by atoms with E-state index in [0.29, 0.717) is 18.9 Å². The lowest BCUT2D eigenvalue weighted by Crippen LogP contribution is -2.23. The minimum Gasteiger partial charge on any atom is -0.330 e. The van der Waals surface area contributed by atoms with Gasteiger partial charge >= 0.3 is 0 Å². The second-order valence-electron chi connectivity index (χ2n) is 5.08. The summed E-state index contributed by atoms with van der Waals surface area (Å²) in [5.74, 6) is 0.793. The van der Waals surface area contributed by atoms with Crippen LogP contribution in [0.25, 0.3) is 0 Å². The standard InChI is InChI=1S/C14H20Br2N2O/c1-9(2)6-10(8-17)7-13(19)18-14-11(15)4-3-5-12(14)16/h3-5,9-10H,6-8,17H2,1-2H3,(H,18,19). The Hall–Kier alpha value is -0.390. The molecule has 0 aliphatic rings. The van der Waals surface area contributed by atoms with Crippen molar-refractivity contribution < 1.29 is 4.79 Å². The molecule has 0 spiro atoms. The van der Waals surface area contributed by atoms with Gasteiger partial charge in [-0.3, -0.25) is 4.79 Å². The molecule has 1 aromatic rings. The highest BCUT2D eigenvalue weighted by Crippen LogP contribution is 2.30. The van der Waals surface area contributed by atoms with Crippen LogP contribution in [0.1, 0.15) is 26.7 Å².